The fourth-order valence-electron chi connectivity index (χ4n) is 2.91. The summed E-state index contributed by atoms with van der Waals surface area (Å²) in [6.45, 7) is 4.81. The molecule has 1 heterocycles. The molecule has 0 saturated carbocycles. The zero-order valence-corrected chi connectivity index (χ0v) is 14.0. The van der Waals surface area contributed by atoms with Gasteiger partial charge >= 0.3 is 5.97 Å². The van der Waals surface area contributed by atoms with Crippen LogP contribution < -0.4 is 0 Å². The molecule has 0 spiro atoms. The molecular weight excluding hydrogens is 302 g/mol. The minimum Gasteiger partial charge on any atom is -0.449 e. The lowest BCUT2D eigenvalue weighted by Crippen LogP contribution is -2.42. The summed E-state index contributed by atoms with van der Waals surface area (Å²) in [6.07, 6.45) is 0.0460. The molecule has 0 bridgehead atoms. The Morgan fingerprint density at radius 2 is 1.71 bits per heavy atom. The topological polar surface area (TPSA) is 46.6 Å². The molecule has 0 N–H and O–H groups in total. The van der Waals surface area contributed by atoms with Crippen LogP contribution >= 0.6 is 0 Å². The lowest BCUT2D eigenvalue weighted by atomic mass is 9.99. The summed E-state index contributed by atoms with van der Waals surface area (Å²) in [5.74, 6) is -0.613. The van der Waals surface area contributed by atoms with Gasteiger partial charge in [0.25, 0.3) is 5.91 Å². The Labute approximate surface area is 142 Å². The van der Waals surface area contributed by atoms with Crippen LogP contribution in [0.25, 0.3) is 0 Å². The van der Waals surface area contributed by atoms with E-state index in [0.29, 0.717) is 18.7 Å². The predicted octanol–water partition coefficient (Wildman–Crippen LogP) is 3.13. The van der Waals surface area contributed by atoms with Gasteiger partial charge in [-0.2, -0.15) is 0 Å². The smallest absolute Gasteiger partial charge is 0.338 e. The van der Waals surface area contributed by atoms with Gasteiger partial charge in [-0.1, -0.05) is 42.0 Å². The number of carbonyl (C=O) groups excluding carboxylic acids is 2. The summed E-state index contributed by atoms with van der Waals surface area (Å²) in [5, 5.41) is 0. The normalized spacial score (nSPS) is 14.7. The van der Waals surface area contributed by atoms with Crippen LogP contribution in [0.1, 0.15) is 34.0 Å². The van der Waals surface area contributed by atoms with Crippen molar-refractivity contribution >= 4 is 11.9 Å². The molecule has 2 aromatic carbocycles. The maximum Gasteiger partial charge on any atom is 0.338 e. The van der Waals surface area contributed by atoms with Crippen molar-refractivity contribution in [1.29, 1.82) is 0 Å². The molecule has 124 valence electrons. The molecule has 1 atom stereocenters. The third-order valence-corrected chi connectivity index (χ3v) is 4.36. The van der Waals surface area contributed by atoms with Crippen molar-refractivity contribution in [2.75, 3.05) is 6.54 Å². The number of amides is 1. The second kappa shape index (κ2) is 6.87. The van der Waals surface area contributed by atoms with Crippen LogP contribution in [0.2, 0.25) is 0 Å². The van der Waals surface area contributed by atoms with Crippen LogP contribution in [0.4, 0.5) is 0 Å². The van der Waals surface area contributed by atoms with E-state index in [2.05, 4.69) is 6.07 Å². The van der Waals surface area contributed by atoms with Crippen LogP contribution in [-0.4, -0.2) is 29.4 Å². The van der Waals surface area contributed by atoms with Gasteiger partial charge in [0.2, 0.25) is 0 Å². The number of nitrogens with zero attached hydrogens (tertiary/aromatic N) is 1. The Morgan fingerprint density at radius 3 is 2.42 bits per heavy atom. The van der Waals surface area contributed by atoms with E-state index >= 15 is 0 Å². The van der Waals surface area contributed by atoms with Crippen LogP contribution in [0.15, 0.2) is 48.5 Å². The van der Waals surface area contributed by atoms with Gasteiger partial charge in [-0.15, -0.1) is 0 Å². The van der Waals surface area contributed by atoms with Gasteiger partial charge in [0.15, 0.2) is 6.10 Å². The molecule has 24 heavy (non-hydrogen) atoms. The van der Waals surface area contributed by atoms with Crippen molar-refractivity contribution in [1.82, 2.24) is 4.90 Å². The second-order valence-corrected chi connectivity index (χ2v) is 6.19. The van der Waals surface area contributed by atoms with Crippen molar-refractivity contribution in [2.45, 2.75) is 32.9 Å². The zero-order chi connectivity index (χ0) is 17.1. The highest BCUT2D eigenvalue weighted by atomic mass is 16.5. The monoisotopic (exact) mass is 323 g/mol. The third-order valence-electron chi connectivity index (χ3n) is 4.36. The van der Waals surface area contributed by atoms with Crippen molar-refractivity contribution in [3.8, 4) is 0 Å². The van der Waals surface area contributed by atoms with E-state index in [1.165, 1.54) is 5.56 Å². The molecule has 0 unspecified atom stereocenters. The molecule has 3 rings (SSSR count). The average molecular weight is 323 g/mol. The van der Waals surface area contributed by atoms with Gasteiger partial charge in [-0.05, 0) is 43.5 Å². The molecule has 0 fully saturated rings. The number of hydrogen-bond donors (Lipinski definition) is 0. The summed E-state index contributed by atoms with van der Waals surface area (Å²) in [5.41, 5.74) is 3.98. The fraction of sp³-hybridized carbons (Fsp3) is 0.300. The first-order valence-electron chi connectivity index (χ1n) is 8.18. The summed E-state index contributed by atoms with van der Waals surface area (Å²) in [4.78, 5) is 26.5. The van der Waals surface area contributed by atoms with E-state index in [1.54, 1.807) is 24.0 Å². The van der Waals surface area contributed by atoms with Crippen molar-refractivity contribution in [2.24, 2.45) is 0 Å². The second-order valence-electron chi connectivity index (χ2n) is 6.19. The minimum atomic E-state index is -0.788. The summed E-state index contributed by atoms with van der Waals surface area (Å²) in [6, 6.07) is 15.3. The molecule has 4 nitrogen and oxygen atoms in total. The maximum atomic E-state index is 12.6. The molecule has 1 aliphatic rings. The van der Waals surface area contributed by atoms with Gasteiger partial charge in [-0.3, -0.25) is 4.79 Å². The highest BCUT2D eigenvalue weighted by molar-refractivity contribution is 5.92. The molecular formula is C20H21NO3. The Bertz CT molecular complexity index is 752. The third kappa shape index (κ3) is 3.48. The lowest BCUT2D eigenvalue weighted by molar-refractivity contribution is -0.140. The Balaban J connectivity index is 1.63. The number of carbonyl (C=O) groups is 2. The Morgan fingerprint density at radius 1 is 1.04 bits per heavy atom. The summed E-state index contributed by atoms with van der Waals surface area (Å²) >= 11 is 0. The molecule has 0 aliphatic carbocycles. The number of rotatable bonds is 3. The SMILES string of the molecule is Cc1ccc(C(=O)O[C@@H](C)C(=O)N2CCc3ccccc3C2)cc1. The summed E-state index contributed by atoms with van der Waals surface area (Å²) < 4.78 is 5.35. The van der Waals surface area contributed by atoms with E-state index in [9.17, 15) is 9.59 Å². The first-order chi connectivity index (χ1) is 11.5. The van der Waals surface area contributed by atoms with Gasteiger partial charge in [-0.25, -0.2) is 4.79 Å². The van der Waals surface area contributed by atoms with Gasteiger partial charge in [0, 0.05) is 13.1 Å². The van der Waals surface area contributed by atoms with Gasteiger partial charge < -0.3 is 9.64 Å². The number of hydrogen-bond acceptors (Lipinski definition) is 3. The fourth-order valence-corrected chi connectivity index (χ4v) is 2.91. The highest BCUT2D eigenvalue weighted by Gasteiger charge is 2.27. The number of benzene rings is 2. The molecule has 0 saturated heterocycles. The molecule has 0 aromatic heterocycles. The van der Waals surface area contributed by atoms with Crippen LogP contribution in [-0.2, 0) is 22.5 Å². The van der Waals surface area contributed by atoms with Crippen molar-refractivity contribution < 1.29 is 14.3 Å². The lowest BCUT2D eigenvalue weighted by Gasteiger charge is -2.30. The first-order valence-corrected chi connectivity index (χ1v) is 8.18. The van der Waals surface area contributed by atoms with Crippen LogP contribution in [0, 0.1) is 6.92 Å². The van der Waals surface area contributed by atoms with E-state index in [0.717, 1.165) is 17.5 Å². The van der Waals surface area contributed by atoms with Crippen LogP contribution in [0.5, 0.6) is 0 Å². The van der Waals surface area contributed by atoms with Crippen molar-refractivity contribution in [3.63, 3.8) is 0 Å². The van der Waals surface area contributed by atoms with E-state index in [1.807, 2.05) is 37.3 Å². The molecule has 4 heteroatoms. The highest BCUT2D eigenvalue weighted by Crippen LogP contribution is 2.19. The van der Waals surface area contributed by atoms with E-state index < -0.39 is 12.1 Å². The van der Waals surface area contributed by atoms with Gasteiger partial charge in [0.05, 0.1) is 5.56 Å². The number of fused-ring (bicyclic) bond motifs is 1. The van der Waals surface area contributed by atoms with Crippen LogP contribution in [0.3, 0.4) is 0 Å². The largest absolute Gasteiger partial charge is 0.449 e. The van der Waals surface area contributed by atoms with Crippen molar-refractivity contribution in [3.05, 3.63) is 70.8 Å². The van der Waals surface area contributed by atoms with E-state index in [4.69, 9.17) is 4.74 Å². The molecule has 2 aromatic rings. The predicted molar refractivity (Wildman–Crippen MR) is 91.6 cm³/mol. The average Bonchev–Trinajstić information content (AvgIpc) is 2.61. The molecule has 0 radical (unpaired) electrons. The number of ether oxygens (including phenoxy) is 1. The number of aryl methyl sites for hydroxylation is 1. The van der Waals surface area contributed by atoms with Gasteiger partial charge in [0.1, 0.15) is 0 Å². The quantitative estimate of drug-likeness (QED) is 0.815. The first kappa shape index (κ1) is 16.2. The van der Waals surface area contributed by atoms with E-state index in [-0.39, 0.29) is 5.91 Å². The zero-order valence-electron chi connectivity index (χ0n) is 14.0. The summed E-state index contributed by atoms with van der Waals surface area (Å²) in [7, 11) is 0. The molecule has 1 amide bonds. The standard InChI is InChI=1S/C20H21NO3/c1-14-7-9-17(10-8-14)20(23)24-15(2)19(22)21-12-11-16-5-3-4-6-18(16)13-21/h3-10,15H,11-13H2,1-2H3/t15-/m0/s1. The number of esters is 1. The Hall–Kier alpha value is -2.62. The Kier molecular flexibility index (Phi) is 4.65. The maximum absolute atomic E-state index is 12.6. The molecule has 1 aliphatic heterocycles. The minimum absolute atomic E-state index is 0.148.